The van der Waals surface area contributed by atoms with Gasteiger partial charge in [-0.3, -0.25) is 25.3 Å². The molecule has 1 unspecified atom stereocenters. The number of nitrogens with one attached hydrogen (secondary N) is 2. The summed E-state index contributed by atoms with van der Waals surface area (Å²) in [5.74, 6) is -0.621. The van der Waals surface area contributed by atoms with E-state index >= 15 is 0 Å². The second kappa shape index (κ2) is 12.7. The Labute approximate surface area is 221 Å². The molecule has 1 aromatic carbocycles. The maximum atomic E-state index is 12.5. The zero-order chi connectivity index (χ0) is 27.9. The Morgan fingerprint density at radius 3 is 2.39 bits per heavy atom. The summed E-state index contributed by atoms with van der Waals surface area (Å²) in [5, 5.41) is 21.1. The first-order valence-corrected chi connectivity index (χ1v) is 12.5. The SMILES string of the molecule is CCOC(=O)CC1(O)CCN(CC2CN(c3ccc(C(=N)NC(=O)N(C)C(=O)OCC)cc3)C(=O)O2)CC1. The molecule has 0 spiro atoms. The number of rotatable bonds is 8. The van der Waals surface area contributed by atoms with Gasteiger partial charge in [-0.05, 0) is 51.0 Å². The number of imide groups is 1. The number of hydrogen-bond acceptors (Lipinski definition) is 10. The number of cyclic esters (lactones) is 1. The Morgan fingerprint density at radius 1 is 1.16 bits per heavy atom. The molecule has 0 bridgehead atoms. The van der Waals surface area contributed by atoms with Crippen molar-refractivity contribution >= 4 is 35.7 Å². The number of hydrogen-bond donors (Lipinski definition) is 3. The van der Waals surface area contributed by atoms with Crippen molar-refractivity contribution in [2.24, 2.45) is 0 Å². The van der Waals surface area contributed by atoms with E-state index in [1.54, 1.807) is 38.1 Å². The molecule has 2 fully saturated rings. The van der Waals surface area contributed by atoms with Crippen molar-refractivity contribution in [3.8, 4) is 0 Å². The van der Waals surface area contributed by atoms with Crippen LogP contribution in [0, 0.1) is 5.41 Å². The number of benzene rings is 1. The normalized spacial score (nSPS) is 18.9. The molecule has 2 aliphatic rings. The highest BCUT2D eigenvalue weighted by Gasteiger charge is 2.38. The van der Waals surface area contributed by atoms with Crippen LogP contribution in [0.3, 0.4) is 0 Å². The van der Waals surface area contributed by atoms with E-state index in [-0.39, 0.29) is 31.6 Å². The zero-order valence-corrected chi connectivity index (χ0v) is 21.9. The average Bonchev–Trinajstić information content (AvgIpc) is 3.25. The maximum Gasteiger partial charge on any atom is 0.417 e. The van der Waals surface area contributed by atoms with Crippen LogP contribution >= 0.6 is 0 Å². The summed E-state index contributed by atoms with van der Waals surface area (Å²) in [6.45, 7) is 5.71. The fourth-order valence-electron chi connectivity index (χ4n) is 4.30. The van der Waals surface area contributed by atoms with Gasteiger partial charge in [0.15, 0.2) is 0 Å². The number of aliphatic hydroxyl groups is 1. The van der Waals surface area contributed by atoms with Gasteiger partial charge in [0.25, 0.3) is 0 Å². The molecular weight excluding hydrogens is 498 g/mol. The summed E-state index contributed by atoms with van der Waals surface area (Å²) < 4.78 is 15.2. The minimum absolute atomic E-state index is 0.0277. The molecule has 4 amide bonds. The van der Waals surface area contributed by atoms with Crippen LogP contribution in [-0.2, 0) is 19.0 Å². The molecule has 2 heterocycles. The van der Waals surface area contributed by atoms with E-state index in [4.69, 9.17) is 19.6 Å². The van der Waals surface area contributed by atoms with Crippen molar-refractivity contribution in [2.75, 3.05) is 51.3 Å². The standard InChI is InChI=1S/C25H35N5O8/c1-4-36-20(31)14-25(35)10-12-29(13-11-25)15-19-16-30(24(34)38-19)18-8-6-17(7-9-18)21(26)27-22(32)28(3)23(33)37-5-2/h6-9,19,35H,4-5,10-16H2,1-3H3,(H2,26,27,32). The lowest BCUT2D eigenvalue weighted by Crippen LogP contribution is -2.48. The average molecular weight is 534 g/mol. The number of ether oxygens (including phenoxy) is 3. The Hall–Kier alpha value is -3.71. The highest BCUT2D eigenvalue weighted by molar-refractivity contribution is 6.08. The van der Waals surface area contributed by atoms with Crippen molar-refractivity contribution in [1.82, 2.24) is 15.1 Å². The molecule has 2 aliphatic heterocycles. The number of amidine groups is 1. The number of esters is 1. The summed E-state index contributed by atoms with van der Waals surface area (Å²) in [6.07, 6.45) is -0.856. The smallest absolute Gasteiger partial charge is 0.417 e. The highest BCUT2D eigenvalue weighted by atomic mass is 16.6. The minimum Gasteiger partial charge on any atom is -0.466 e. The topological polar surface area (TPSA) is 162 Å². The number of anilines is 1. The maximum absolute atomic E-state index is 12.5. The minimum atomic E-state index is -1.08. The molecule has 13 nitrogen and oxygen atoms in total. The lowest BCUT2D eigenvalue weighted by molar-refractivity contribution is -0.150. The van der Waals surface area contributed by atoms with Gasteiger partial charge in [-0.1, -0.05) is 0 Å². The van der Waals surface area contributed by atoms with Gasteiger partial charge in [0, 0.05) is 37.9 Å². The Balaban J connectivity index is 1.50. The number of carbonyl (C=O) groups excluding carboxylic acids is 4. The van der Waals surface area contributed by atoms with Crippen molar-refractivity contribution in [3.05, 3.63) is 29.8 Å². The number of amides is 4. The molecule has 13 heteroatoms. The summed E-state index contributed by atoms with van der Waals surface area (Å²) in [4.78, 5) is 52.4. The van der Waals surface area contributed by atoms with Crippen LogP contribution in [0.1, 0.15) is 38.7 Å². The largest absolute Gasteiger partial charge is 0.466 e. The van der Waals surface area contributed by atoms with E-state index < -0.39 is 29.8 Å². The molecule has 208 valence electrons. The summed E-state index contributed by atoms with van der Waals surface area (Å²) in [6, 6.07) is 5.65. The third-order valence-corrected chi connectivity index (χ3v) is 6.45. The molecule has 38 heavy (non-hydrogen) atoms. The van der Waals surface area contributed by atoms with Gasteiger partial charge in [-0.2, -0.15) is 0 Å². The van der Waals surface area contributed by atoms with E-state index in [1.165, 1.54) is 11.9 Å². The van der Waals surface area contributed by atoms with Gasteiger partial charge in [0.2, 0.25) is 0 Å². The van der Waals surface area contributed by atoms with Gasteiger partial charge in [0.1, 0.15) is 11.9 Å². The van der Waals surface area contributed by atoms with Crippen LogP contribution in [0.25, 0.3) is 0 Å². The molecule has 0 radical (unpaired) electrons. The first kappa shape index (κ1) is 28.9. The van der Waals surface area contributed by atoms with E-state index in [0.717, 1.165) is 4.90 Å². The third-order valence-electron chi connectivity index (χ3n) is 6.45. The molecule has 0 aliphatic carbocycles. The predicted molar refractivity (Wildman–Crippen MR) is 136 cm³/mol. The summed E-state index contributed by atoms with van der Waals surface area (Å²) >= 11 is 0. The Morgan fingerprint density at radius 2 is 1.79 bits per heavy atom. The van der Waals surface area contributed by atoms with E-state index in [0.29, 0.717) is 50.3 Å². The molecular formula is C25H35N5O8. The number of piperidine rings is 1. The Kier molecular flexibility index (Phi) is 9.64. The number of nitrogens with zero attached hydrogens (tertiary/aromatic N) is 3. The zero-order valence-electron chi connectivity index (χ0n) is 21.9. The second-order valence-electron chi connectivity index (χ2n) is 9.23. The van der Waals surface area contributed by atoms with Crippen LogP contribution in [0.5, 0.6) is 0 Å². The number of urea groups is 1. The first-order valence-electron chi connectivity index (χ1n) is 12.5. The Bertz CT molecular complexity index is 1040. The second-order valence-corrected chi connectivity index (χ2v) is 9.23. The van der Waals surface area contributed by atoms with E-state index in [2.05, 4.69) is 10.2 Å². The lowest BCUT2D eigenvalue weighted by atomic mass is 9.88. The molecule has 3 rings (SSSR count). The molecule has 3 N–H and O–H groups in total. The van der Waals surface area contributed by atoms with Crippen molar-refractivity contribution in [2.45, 2.75) is 44.8 Å². The lowest BCUT2D eigenvalue weighted by Gasteiger charge is -2.38. The van der Waals surface area contributed by atoms with Crippen LogP contribution < -0.4 is 10.2 Å². The van der Waals surface area contributed by atoms with Crippen LogP contribution in [0.15, 0.2) is 24.3 Å². The van der Waals surface area contributed by atoms with E-state index in [9.17, 15) is 24.3 Å². The van der Waals surface area contributed by atoms with Crippen molar-refractivity contribution in [1.29, 1.82) is 5.41 Å². The van der Waals surface area contributed by atoms with Crippen LogP contribution in [0.2, 0.25) is 0 Å². The van der Waals surface area contributed by atoms with Gasteiger partial charge in [-0.15, -0.1) is 0 Å². The highest BCUT2D eigenvalue weighted by Crippen LogP contribution is 2.28. The van der Waals surface area contributed by atoms with Gasteiger partial charge >= 0.3 is 24.2 Å². The first-order chi connectivity index (χ1) is 18.0. The number of likely N-dealkylation sites (tertiary alicyclic amines) is 1. The summed E-state index contributed by atoms with van der Waals surface area (Å²) in [7, 11) is 1.24. The molecule has 2 saturated heterocycles. The quantitative estimate of drug-likeness (QED) is 0.196. The van der Waals surface area contributed by atoms with E-state index in [1.807, 2.05) is 0 Å². The van der Waals surface area contributed by atoms with Gasteiger partial charge in [0.05, 0.1) is 31.8 Å². The monoisotopic (exact) mass is 533 g/mol. The molecule has 0 aromatic heterocycles. The number of carbonyl (C=O) groups is 4. The van der Waals surface area contributed by atoms with Gasteiger partial charge in [-0.25, -0.2) is 19.3 Å². The molecule has 0 saturated carbocycles. The van der Waals surface area contributed by atoms with Crippen LogP contribution in [0.4, 0.5) is 20.1 Å². The fraction of sp³-hybridized carbons (Fsp3) is 0.560. The van der Waals surface area contributed by atoms with Crippen molar-refractivity contribution < 1.29 is 38.5 Å². The van der Waals surface area contributed by atoms with Crippen molar-refractivity contribution in [3.63, 3.8) is 0 Å². The predicted octanol–water partition coefficient (Wildman–Crippen LogP) is 1.92. The third kappa shape index (κ3) is 7.42. The fourth-order valence-corrected chi connectivity index (χ4v) is 4.30. The van der Waals surface area contributed by atoms with Crippen LogP contribution in [-0.4, -0.2) is 103 Å². The molecule has 1 atom stereocenters. The molecule has 1 aromatic rings. The summed E-state index contributed by atoms with van der Waals surface area (Å²) in [5.41, 5.74) is -0.122. The van der Waals surface area contributed by atoms with Gasteiger partial charge < -0.3 is 19.3 Å².